The SMILES string of the molecule is CCC(=O)c1nnc(N)cc1Nc1cc(F)cc(-c2cc(P(C)C)n(C)n2)c1OC. The highest BCUT2D eigenvalue weighted by Crippen LogP contribution is 2.39. The van der Waals surface area contributed by atoms with Crippen molar-refractivity contribution in [1.82, 2.24) is 20.0 Å². The molecule has 8 nitrogen and oxygen atoms in total. The first-order valence-corrected chi connectivity index (χ1v) is 11.5. The second kappa shape index (κ2) is 8.75. The number of Topliss-reactive ketones (excluding diaryl/α,β-unsaturated/α-hetero) is 1. The van der Waals surface area contributed by atoms with Gasteiger partial charge in [0.1, 0.15) is 11.6 Å². The lowest BCUT2D eigenvalue weighted by Gasteiger charge is -2.16. The lowest BCUT2D eigenvalue weighted by molar-refractivity contribution is 0.0983. The van der Waals surface area contributed by atoms with E-state index in [0.29, 0.717) is 28.4 Å². The molecule has 0 aliphatic carbocycles. The van der Waals surface area contributed by atoms with Gasteiger partial charge in [0, 0.05) is 31.2 Å². The van der Waals surface area contributed by atoms with Crippen molar-refractivity contribution >= 4 is 36.3 Å². The summed E-state index contributed by atoms with van der Waals surface area (Å²) in [5, 5.41) is 15.2. The average molecular weight is 430 g/mol. The molecule has 0 saturated heterocycles. The molecule has 0 amide bonds. The predicted octanol–water partition coefficient (Wildman–Crippen LogP) is 3.31. The van der Waals surface area contributed by atoms with Crippen LogP contribution in [0.15, 0.2) is 24.3 Å². The number of nitrogens with zero attached hydrogens (tertiary/aromatic N) is 4. The van der Waals surface area contributed by atoms with E-state index in [9.17, 15) is 9.18 Å². The van der Waals surface area contributed by atoms with Crippen LogP contribution in [0.3, 0.4) is 0 Å². The summed E-state index contributed by atoms with van der Waals surface area (Å²) >= 11 is 0. The fraction of sp³-hybridized carbons (Fsp3) is 0.300. The lowest BCUT2D eigenvalue weighted by atomic mass is 10.1. The maximum Gasteiger partial charge on any atom is 0.184 e. The van der Waals surface area contributed by atoms with Crippen LogP contribution in [0.25, 0.3) is 11.3 Å². The maximum atomic E-state index is 14.6. The van der Waals surface area contributed by atoms with Crippen LogP contribution in [-0.2, 0) is 7.05 Å². The van der Waals surface area contributed by atoms with Gasteiger partial charge in [-0.3, -0.25) is 9.48 Å². The Morgan fingerprint density at radius 3 is 2.57 bits per heavy atom. The van der Waals surface area contributed by atoms with Crippen molar-refractivity contribution < 1.29 is 13.9 Å². The van der Waals surface area contributed by atoms with Crippen molar-refractivity contribution in [2.45, 2.75) is 13.3 Å². The smallest absolute Gasteiger partial charge is 0.184 e. The number of benzene rings is 1. The quantitative estimate of drug-likeness (QED) is 0.437. The molecule has 2 heterocycles. The fourth-order valence-corrected chi connectivity index (χ4v) is 4.13. The van der Waals surface area contributed by atoms with E-state index in [2.05, 4.69) is 33.9 Å². The number of carbonyl (C=O) groups excluding carboxylic acids is 1. The van der Waals surface area contributed by atoms with Crippen molar-refractivity contribution in [3.8, 4) is 17.0 Å². The Morgan fingerprint density at radius 1 is 1.23 bits per heavy atom. The summed E-state index contributed by atoms with van der Waals surface area (Å²) in [7, 11) is 2.97. The Kier molecular flexibility index (Phi) is 6.31. The molecular weight excluding hydrogens is 406 g/mol. The number of nitrogens with two attached hydrogens (primary N) is 1. The number of anilines is 3. The van der Waals surface area contributed by atoms with Crippen molar-refractivity contribution in [2.24, 2.45) is 7.05 Å². The molecule has 2 aromatic heterocycles. The largest absolute Gasteiger partial charge is 0.494 e. The fourth-order valence-electron chi connectivity index (χ4n) is 3.12. The number of ketones is 1. The number of carbonyl (C=O) groups is 1. The third-order valence-electron chi connectivity index (χ3n) is 4.51. The number of nitrogens with one attached hydrogen (secondary N) is 1. The molecular formula is C20H24FN6O2P. The molecule has 0 aliphatic rings. The van der Waals surface area contributed by atoms with Crippen molar-refractivity contribution in [2.75, 3.05) is 31.5 Å². The zero-order valence-corrected chi connectivity index (χ0v) is 18.4. The molecule has 3 aromatic rings. The minimum Gasteiger partial charge on any atom is -0.494 e. The predicted molar refractivity (Wildman–Crippen MR) is 118 cm³/mol. The van der Waals surface area contributed by atoms with E-state index in [1.807, 2.05) is 13.1 Å². The van der Waals surface area contributed by atoms with Crippen LogP contribution in [0.4, 0.5) is 21.6 Å². The molecule has 158 valence electrons. The first-order chi connectivity index (χ1) is 14.2. The van der Waals surface area contributed by atoms with Crippen LogP contribution in [0, 0.1) is 5.82 Å². The Hall–Kier alpha value is -3.06. The third kappa shape index (κ3) is 4.26. The number of hydrogen-bond donors (Lipinski definition) is 2. The first-order valence-electron chi connectivity index (χ1n) is 9.27. The van der Waals surface area contributed by atoms with Crippen LogP contribution in [-0.4, -0.2) is 46.2 Å². The first kappa shape index (κ1) is 21.6. The zero-order chi connectivity index (χ0) is 22.0. The van der Waals surface area contributed by atoms with E-state index in [0.717, 1.165) is 5.44 Å². The second-order valence-electron chi connectivity index (χ2n) is 6.87. The van der Waals surface area contributed by atoms with Crippen LogP contribution in [0.2, 0.25) is 0 Å². The van der Waals surface area contributed by atoms with E-state index in [1.165, 1.54) is 25.3 Å². The lowest BCUT2D eigenvalue weighted by Crippen LogP contribution is -2.10. The molecule has 3 rings (SSSR count). The summed E-state index contributed by atoms with van der Waals surface area (Å²) in [6.45, 7) is 5.97. The normalized spacial score (nSPS) is 11.0. The van der Waals surface area contributed by atoms with Crippen LogP contribution in [0.5, 0.6) is 5.75 Å². The van der Waals surface area contributed by atoms with E-state index < -0.39 is 5.82 Å². The summed E-state index contributed by atoms with van der Waals surface area (Å²) in [4.78, 5) is 12.3. The Bertz CT molecular complexity index is 1100. The summed E-state index contributed by atoms with van der Waals surface area (Å²) in [6.07, 6.45) is 0.243. The van der Waals surface area contributed by atoms with E-state index in [1.54, 1.807) is 11.6 Å². The molecule has 0 spiro atoms. The molecule has 0 radical (unpaired) electrons. The van der Waals surface area contributed by atoms with E-state index >= 15 is 0 Å². The van der Waals surface area contributed by atoms with Crippen molar-refractivity contribution in [1.29, 1.82) is 0 Å². The van der Waals surface area contributed by atoms with Crippen molar-refractivity contribution in [3.05, 3.63) is 35.8 Å². The molecule has 0 saturated carbocycles. The monoisotopic (exact) mass is 430 g/mol. The van der Waals surface area contributed by atoms with Crippen molar-refractivity contribution in [3.63, 3.8) is 0 Å². The van der Waals surface area contributed by atoms with Crippen LogP contribution >= 0.6 is 7.92 Å². The van der Waals surface area contributed by atoms with Gasteiger partial charge in [0.2, 0.25) is 0 Å². The highest BCUT2D eigenvalue weighted by Gasteiger charge is 2.20. The van der Waals surface area contributed by atoms with Gasteiger partial charge < -0.3 is 15.8 Å². The van der Waals surface area contributed by atoms with Gasteiger partial charge in [-0.05, 0) is 25.5 Å². The van der Waals surface area contributed by atoms with E-state index in [4.69, 9.17) is 10.5 Å². The molecule has 1 aromatic carbocycles. The number of aromatic nitrogens is 4. The number of halogens is 1. The molecule has 0 unspecified atom stereocenters. The molecule has 0 aliphatic heterocycles. The van der Waals surface area contributed by atoms with Gasteiger partial charge in [-0.2, -0.15) is 5.10 Å². The second-order valence-corrected chi connectivity index (χ2v) is 9.12. The highest BCUT2D eigenvalue weighted by molar-refractivity contribution is 7.63. The van der Waals surface area contributed by atoms with E-state index in [-0.39, 0.29) is 31.6 Å². The van der Waals surface area contributed by atoms with Gasteiger partial charge in [0.05, 0.1) is 29.6 Å². The number of nitrogen functional groups attached to an aromatic ring is 1. The summed E-state index contributed by atoms with van der Waals surface area (Å²) in [5.41, 5.74) is 8.70. The minimum atomic E-state index is -0.478. The van der Waals surface area contributed by atoms with Gasteiger partial charge in [-0.25, -0.2) is 4.39 Å². The molecule has 0 atom stereocenters. The summed E-state index contributed by atoms with van der Waals surface area (Å²) < 4.78 is 22.0. The molecule has 0 bridgehead atoms. The highest BCUT2D eigenvalue weighted by atomic mass is 31.1. The Labute approximate surface area is 175 Å². The standard InChI is InChI=1S/C20H24FN6O2P/c1-6-16(28)19-14(9-17(22)24-25-19)23-15-8-11(21)7-12(20(15)29-3)13-10-18(30(4)5)27(2)26-13/h7-10H,6H2,1-5H3,(H3,22,23,24). The van der Waals surface area contributed by atoms with Gasteiger partial charge in [-0.15, -0.1) is 10.2 Å². The van der Waals surface area contributed by atoms with Gasteiger partial charge in [0.15, 0.2) is 17.2 Å². The number of ether oxygens (including phenoxy) is 1. The number of rotatable bonds is 7. The van der Waals surface area contributed by atoms with Gasteiger partial charge in [-0.1, -0.05) is 14.8 Å². The zero-order valence-electron chi connectivity index (χ0n) is 17.5. The van der Waals surface area contributed by atoms with Crippen LogP contribution < -0.4 is 21.2 Å². The molecule has 10 heteroatoms. The number of methoxy groups -OCH3 is 1. The molecule has 30 heavy (non-hydrogen) atoms. The van der Waals surface area contributed by atoms with Gasteiger partial charge in [0.25, 0.3) is 0 Å². The Morgan fingerprint density at radius 2 is 1.97 bits per heavy atom. The topological polar surface area (TPSA) is 108 Å². The summed E-state index contributed by atoms with van der Waals surface area (Å²) in [5.74, 6) is -0.166. The number of hydrogen-bond acceptors (Lipinski definition) is 7. The molecule has 3 N–H and O–H groups in total. The Balaban J connectivity index is 2.13. The third-order valence-corrected chi connectivity index (χ3v) is 5.85. The van der Waals surface area contributed by atoms with Gasteiger partial charge >= 0.3 is 0 Å². The molecule has 0 fully saturated rings. The minimum absolute atomic E-state index is 0.127. The van der Waals surface area contributed by atoms with Crippen LogP contribution in [0.1, 0.15) is 23.8 Å². The summed E-state index contributed by atoms with van der Waals surface area (Å²) in [6, 6.07) is 6.08. The average Bonchev–Trinajstić information content (AvgIpc) is 3.09. The number of aryl methyl sites for hydroxylation is 1. The maximum absolute atomic E-state index is 14.6.